The summed E-state index contributed by atoms with van der Waals surface area (Å²) in [6, 6.07) is 5.36. The monoisotopic (exact) mass is 275 g/mol. The Morgan fingerprint density at radius 2 is 2.15 bits per heavy atom. The van der Waals surface area contributed by atoms with E-state index in [2.05, 4.69) is 20.6 Å². The SMILES string of the molecule is O=C(O)Cn1cc(CNC(=O)Cc2ccccn2)nn1. The molecule has 8 nitrogen and oxygen atoms in total. The molecule has 104 valence electrons. The van der Waals surface area contributed by atoms with Crippen LogP contribution < -0.4 is 5.32 Å². The summed E-state index contributed by atoms with van der Waals surface area (Å²) in [4.78, 5) is 26.2. The molecule has 0 aliphatic carbocycles. The van der Waals surface area contributed by atoms with Gasteiger partial charge < -0.3 is 10.4 Å². The fraction of sp³-hybridized carbons (Fsp3) is 0.250. The maximum absolute atomic E-state index is 11.7. The topological polar surface area (TPSA) is 110 Å². The number of rotatable bonds is 6. The van der Waals surface area contributed by atoms with Crippen LogP contribution in [-0.4, -0.2) is 37.0 Å². The highest BCUT2D eigenvalue weighted by atomic mass is 16.4. The first-order valence-corrected chi connectivity index (χ1v) is 5.91. The number of hydrogen-bond donors (Lipinski definition) is 2. The fourth-order valence-electron chi connectivity index (χ4n) is 1.55. The quantitative estimate of drug-likeness (QED) is 0.743. The highest BCUT2D eigenvalue weighted by molar-refractivity contribution is 5.77. The minimum atomic E-state index is -0.999. The lowest BCUT2D eigenvalue weighted by Crippen LogP contribution is -2.25. The molecule has 0 aliphatic rings. The van der Waals surface area contributed by atoms with Crippen LogP contribution in [0, 0.1) is 0 Å². The van der Waals surface area contributed by atoms with E-state index < -0.39 is 5.97 Å². The summed E-state index contributed by atoms with van der Waals surface area (Å²) < 4.78 is 1.20. The van der Waals surface area contributed by atoms with Gasteiger partial charge in [-0.25, -0.2) is 4.68 Å². The zero-order valence-corrected chi connectivity index (χ0v) is 10.6. The second-order valence-electron chi connectivity index (χ2n) is 4.08. The smallest absolute Gasteiger partial charge is 0.325 e. The Balaban J connectivity index is 1.81. The van der Waals surface area contributed by atoms with Gasteiger partial charge in [0.25, 0.3) is 0 Å². The van der Waals surface area contributed by atoms with E-state index in [4.69, 9.17) is 5.11 Å². The Labute approximate surface area is 114 Å². The second kappa shape index (κ2) is 6.41. The first-order valence-electron chi connectivity index (χ1n) is 5.91. The van der Waals surface area contributed by atoms with Crippen LogP contribution in [0.25, 0.3) is 0 Å². The van der Waals surface area contributed by atoms with E-state index in [0.29, 0.717) is 11.4 Å². The second-order valence-corrected chi connectivity index (χ2v) is 4.08. The molecule has 2 aromatic heterocycles. The van der Waals surface area contributed by atoms with E-state index in [1.54, 1.807) is 18.3 Å². The molecule has 0 unspecified atom stereocenters. The summed E-state index contributed by atoms with van der Waals surface area (Å²) in [5.41, 5.74) is 1.18. The van der Waals surface area contributed by atoms with Gasteiger partial charge >= 0.3 is 5.97 Å². The van der Waals surface area contributed by atoms with Gasteiger partial charge in [-0.1, -0.05) is 11.3 Å². The van der Waals surface area contributed by atoms with Crippen LogP contribution >= 0.6 is 0 Å². The van der Waals surface area contributed by atoms with E-state index in [0.717, 1.165) is 0 Å². The predicted octanol–water partition coefficient (Wildman–Crippen LogP) is -0.383. The van der Waals surface area contributed by atoms with E-state index in [1.807, 2.05) is 6.07 Å². The Hall–Kier alpha value is -2.77. The number of carbonyl (C=O) groups is 2. The average molecular weight is 275 g/mol. The largest absolute Gasteiger partial charge is 0.480 e. The molecular formula is C12H13N5O3. The third-order valence-corrected chi connectivity index (χ3v) is 2.42. The van der Waals surface area contributed by atoms with E-state index in [1.165, 1.54) is 10.9 Å². The summed E-state index contributed by atoms with van der Waals surface area (Å²) >= 11 is 0. The summed E-state index contributed by atoms with van der Waals surface area (Å²) in [6.45, 7) is -0.0554. The van der Waals surface area contributed by atoms with Crippen molar-refractivity contribution in [3.05, 3.63) is 42.0 Å². The number of carboxylic acid groups (broad SMARTS) is 1. The molecule has 2 heterocycles. The van der Waals surface area contributed by atoms with Gasteiger partial charge in [0.2, 0.25) is 5.91 Å². The molecule has 0 bridgehead atoms. The van der Waals surface area contributed by atoms with Gasteiger partial charge in [-0.05, 0) is 12.1 Å². The first-order chi connectivity index (χ1) is 9.63. The molecule has 0 aromatic carbocycles. The highest BCUT2D eigenvalue weighted by Gasteiger charge is 2.07. The molecule has 2 N–H and O–H groups in total. The number of nitrogens with one attached hydrogen (secondary N) is 1. The van der Waals surface area contributed by atoms with Crippen LogP contribution in [0.4, 0.5) is 0 Å². The number of aliphatic carboxylic acids is 1. The number of nitrogens with zero attached hydrogens (tertiary/aromatic N) is 4. The van der Waals surface area contributed by atoms with Crippen LogP contribution in [0.3, 0.4) is 0 Å². The number of pyridine rings is 1. The van der Waals surface area contributed by atoms with Gasteiger partial charge in [-0.3, -0.25) is 14.6 Å². The molecule has 1 amide bonds. The Bertz CT molecular complexity index is 596. The van der Waals surface area contributed by atoms with Crippen molar-refractivity contribution in [2.45, 2.75) is 19.5 Å². The predicted molar refractivity (Wildman–Crippen MR) is 67.4 cm³/mol. The molecule has 0 aliphatic heterocycles. The number of hydrogen-bond acceptors (Lipinski definition) is 5. The highest BCUT2D eigenvalue weighted by Crippen LogP contribution is 1.96. The van der Waals surface area contributed by atoms with Crippen molar-refractivity contribution < 1.29 is 14.7 Å². The summed E-state index contributed by atoms with van der Waals surface area (Å²) in [7, 11) is 0. The lowest BCUT2D eigenvalue weighted by atomic mass is 10.2. The third kappa shape index (κ3) is 4.16. The van der Waals surface area contributed by atoms with Crippen LogP contribution in [0.15, 0.2) is 30.6 Å². The van der Waals surface area contributed by atoms with Crippen molar-refractivity contribution in [1.82, 2.24) is 25.3 Å². The zero-order valence-electron chi connectivity index (χ0n) is 10.6. The Morgan fingerprint density at radius 3 is 2.85 bits per heavy atom. The standard InChI is InChI=1S/C12H13N5O3/c18-11(5-9-3-1-2-4-13-9)14-6-10-7-17(16-15-10)8-12(19)20/h1-4,7H,5-6,8H2,(H,14,18)(H,19,20). The fourth-order valence-corrected chi connectivity index (χ4v) is 1.55. The number of carboxylic acids is 1. The average Bonchev–Trinajstić information content (AvgIpc) is 2.84. The van der Waals surface area contributed by atoms with Crippen LogP contribution in [-0.2, 0) is 29.1 Å². The van der Waals surface area contributed by atoms with Crippen molar-refractivity contribution >= 4 is 11.9 Å². The molecule has 2 rings (SSSR count). The van der Waals surface area contributed by atoms with Crippen molar-refractivity contribution in [3.8, 4) is 0 Å². The molecule has 20 heavy (non-hydrogen) atoms. The minimum Gasteiger partial charge on any atom is -0.480 e. The van der Waals surface area contributed by atoms with E-state index in [-0.39, 0.29) is 25.4 Å². The van der Waals surface area contributed by atoms with Crippen molar-refractivity contribution in [2.24, 2.45) is 0 Å². The summed E-state index contributed by atoms with van der Waals surface area (Å²) in [6.07, 6.45) is 3.29. The lowest BCUT2D eigenvalue weighted by molar-refractivity contribution is -0.138. The summed E-state index contributed by atoms with van der Waals surface area (Å²) in [5.74, 6) is -1.18. The maximum Gasteiger partial charge on any atom is 0.325 e. The third-order valence-electron chi connectivity index (χ3n) is 2.42. The first kappa shape index (κ1) is 13.7. The van der Waals surface area contributed by atoms with Gasteiger partial charge in [0.05, 0.1) is 19.2 Å². The number of amides is 1. The Morgan fingerprint density at radius 1 is 1.30 bits per heavy atom. The lowest BCUT2D eigenvalue weighted by Gasteiger charge is -2.02. The van der Waals surface area contributed by atoms with Crippen molar-refractivity contribution in [3.63, 3.8) is 0 Å². The molecule has 8 heteroatoms. The van der Waals surface area contributed by atoms with Crippen molar-refractivity contribution in [2.75, 3.05) is 0 Å². The summed E-state index contributed by atoms with van der Waals surface area (Å²) in [5, 5.41) is 18.7. The minimum absolute atomic E-state index is 0.184. The Kier molecular flexibility index (Phi) is 4.38. The van der Waals surface area contributed by atoms with Gasteiger partial charge in [-0.2, -0.15) is 0 Å². The van der Waals surface area contributed by atoms with E-state index in [9.17, 15) is 9.59 Å². The zero-order chi connectivity index (χ0) is 14.4. The molecule has 0 fully saturated rings. The molecule has 0 atom stereocenters. The molecule has 0 spiro atoms. The van der Waals surface area contributed by atoms with Crippen LogP contribution in [0.5, 0.6) is 0 Å². The van der Waals surface area contributed by atoms with Gasteiger partial charge in [0, 0.05) is 11.9 Å². The molecule has 0 radical (unpaired) electrons. The van der Waals surface area contributed by atoms with Crippen LogP contribution in [0.2, 0.25) is 0 Å². The van der Waals surface area contributed by atoms with Gasteiger partial charge in [0.15, 0.2) is 0 Å². The molecular weight excluding hydrogens is 262 g/mol. The van der Waals surface area contributed by atoms with Gasteiger partial charge in [0.1, 0.15) is 12.2 Å². The van der Waals surface area contributed by atoms with Crippen molar-refractivity contribution in [1.29, 1.82) is 0 Å². The number of aromatic nitrogens is 4. The molecule has 2 aromatic rings. The van der Waals surface area contributed by atoms with Gasteiger partial charge in [-0.15, -0.1) is 5.10 Å². The molecule has 0 saturated carbocycles. The van der Waals surface area contributed by atoms with E-state index >= 15 is 0 Å². The maximum atomic E-state index is 11.7. The normalized spacial score (nSPS) is 10.2. The number of carbonyl (C=O) groups excluding carboxylic acids is 1. The molecule has 0 saturated heterocycles. The van der Waals surface area contributed by atoms with Crippen LogP contribution in [0.1, 0.15) is 11.4 Å².